The van der Waals surface area contributed by atoms with E-state index in [1.54, 1.807) is 25.3 Å². The normalized spacial score (nSPS) is 24.0. The second-order valence-electron chi connectivity index (χ2n) is 7.81. The van der Waals surface area contributed by atoms with Crippen LogP contribution >= 0.6 is 0 Å². The molecule has 0 saturated heterocycles. The van der Waals surface area contributed by atoms with Crippen molar-refractivity contribution in [1.29, 1.82) is 0 Å². The van der Waals surface area contributed by atoms with Gasteiger partial charge in [0, 0.05) is 6.42 Å². The highest BCUT2D eigenvalue weighted by atomic mass is 16.7. The van der Waals surface area contributed by atoms with Crippen LogP contribution in [0.4, 0.5) is 0 Å². The number of esters is 1. The van der Waals surface area contributed by atoms with Crippen LogP contribution in [-0.4, -0.2) is 37.9 Å². The number of ether oxygens (including phenoxy) is 5. The molecule has 2 heterocycles. The van der Waals surface area contributed by atoms with Crippen molar-refractivity contribution >= 4 is 17.3 Å². The van der Waals surface area contributed by atoms with Crippen molar-refractivity contribution in [3.05, 3.63) is 59.9 Å². The summed E-state index contributed by atoms with van der Waals surface area (Å²) in [5, 5.41) is 0. The number of rotatable bonds is 4. The Kier molecular flexibility index (Phi) is 5.02. The van der Waals surface area contributed by atoms with Gasteiger partial charge < -0.3 is 23.7 Å². The highest BCUT2D eigenvalue weighted by molar-refractivity contribution is 6.22. The minimum atomic E-state index is -0.418. The number of Topliss-reactive ketones (excluding diaryl/α,β-unsaturated/α-hetero) is 1. The van der Waals surface area contributed by atoms with Gasteiger partial charge in [0.25, 0.3) is 0 Å². The Labute approximate surface area is 179 Å². The van der Waals surface area contributed by atoms with Gasteiger partial charge in [0.15, 0.2) is 17.3 Å². The SMILES string of the molecule is COc1ccc(C2=COC3CC(OC(=O)c4ccc5c(c4)OCO5)CCC3C2=O)cc1. The Hall–Kier alpha value is -3.48. The number of methoxy groups -OCH3 is 1. The van der Waals surface area contributed by atoms with E-state index in [0.717, 1.165) is 11.3 Å². The Morgan fingerprint density at radius 3 is 2.65 bits per heavy atom. The zero-order valence-electron chi connectivity index (χ0n) is 17.0. The zero-order chi connectivity index (χ0) is 21.4. The third kappa shape index (κ3) is 3.71. The average Bonchev–Trinajstić information content (AvgIpc) is 3.27. The molecule has 2 aliphatic heterocycles. The van der Waals surface area contributed by atoms with Gasteiger partial charge in [0.2, 0.25) is 6.79 Å². The standard InChI is InChI=1S/C24H22O7/c1-27-16-5-2-14(3-6-16)19-12-28-21-11-17(7-8-18(21)23(19)25)31-24(26)15-4-9-20-22(10-15)30-13-29-20/h2-6,9-10,12,17-18,21H,7-8,11,13H2,1H3. The number of benzene rings is 2. The second-order valence-corrected chi connectivity index (χ2v) is 7.81. The van der Waals surface area contributed by atoms with E-state index in [-0.39, 0.29) is 30.7 Å². The lowest BCUT2D eigenvalue weighted by Crippen LogP contribution is -2.41. The molecule has 3 atom stereocenters. The molecule has 160 valence electrons. The van der Waals surface area contributed by atoms with E-state index in [9.17, 15) is 9.59 Å². The van der Waals surface area contributed by atoms with Crippen molar-refractivity contribution in [1.82, 2.24) is 0 Å². The minimum Gasteiger partial charge on any atom is -0.497 e. The number of allylic oxidation sites excluding steroid dienone is 1. The maximum absolute atomic E-state index is 13.1. The highest BCUT2D eigenvalue weighted by Gasteiger charge is 2.41. The largest absolute Gasteiger partial charge is 0.497 e. The van der Waals surface area contributed by atoms with Crippen LogP contribution in [0.15, 0.2) is 48.7 Å². The van der Waals surface area contributed by atoms with Gasteiger partial charge in [-0.1, -0.05) is 12.1 Å². The first-order valence-corrected chi connectivity index (χ1v) is 10.3. The first-order chi connectivity index (χ1) is 15.1. The summed E-state index contributed by atoms with van der Waals surface area (Å²) in [4.78, 5) is 25.6. The first-order valence-electron chi connectivity index (χ1n) is 10.3. The lowest BCUT2D eigenvalue weighted by atomic mass is 9.78. The molecule has 2 aromatic carbocycles. The number of hydrogen-bond donors (Lipinski definition) is 0. The molecule has 7 nitrogen and oxygen atoms in total. The van der Waals surface area contributed by atoms with E-state index in [0.29, 0.717) is 41.9 Å². The molecule has 0 bridgehead atoms. The maximum atomic E-state index is 13.1. The van der Waals surface area contributed by atoms with Gasteiger partial charge in [-0.2, -0.15) is 0 Å². The van der Waals surface area contributed by atoms with Crippen molar-refractivity contribution in [2.45, 2.75) is 31.5 Å². The molecule has 31 heavy (non-hydrogen) atoms. The predicted molar refractivity (Wildman–Crippen MR) is 110 cm³/mol. The van der Waals surface area contributed by atoms with Crippen LogP contribution in [0.1, 0.15) is 35.2 Å². The molecular weight excluding hydrogens is 400 g/mol. The lowest BCUT2D eigenvalue weighted by molar-refractivity contribution is -0.126. The van der Waals surface area contributed by atoms with E-state index in [2.05, 4.69) is 0 Å². The molecule has 2 aromatic rings. The summed E-state index contributed by atoms with van der Waals surface area (Å²) < 4.78 is 27.4. The number of hydrogen-bond acceptors (Lipinski definition) is 7. The van der Waals surface area contributed by atoms with E-state index in [1.807, 2.05) is 24.3 Å². The molecule has 0 N–H and O–H groups in total. The van der Waals surface area contributed by atoms with Crippen molar-refractivity contribution in [3.63, 3.8) is 0 Å². The molecule has 1 aliphatic carbocycles. The maximum Gasteiger partial charge on any atom is 0.338 e. The molecule has 0 amide bonds. The van der Waals surface area contributed by atoms with Gasteiger partial charge in [-0.3, -0.25) is 4.79 Å². The molecule has 7 heteroatoms. The van der Waals surface area contributed by atoms with Gasteiger partial charge >= 0.3 is 5.97 Å². The van der Waals surface area contributed by atoms with E-state index in [4.69, 9.17) is 23.7 Å². The number of ketones is 1. The van der Waals surface area contributed by atoms with E-state index >= 15 is 0 Å². The molecule has 1 saturated carbocycles. The summed E-state index contributed by atoms with van der Waals surface area (Å²) in [6, 6.07) is 12.3. The van der Waals surface area contributed by atoms with Crippen molar-refractivity contribution in [2.75, 3.05) is 13.9 Å². The second kappa shape index (κ2) is 7.98. The number of carbonyl (C=O) groups is 2. The van der Waals surface area contributed by atoms with Crippen molar-refractivity contribution in [2.24, 2.45) is 5.92 Å². The van der Waals surface area contributed by atoms with Crippen LogP contribution in [-0.2, 0) is 14.3 Å². The van der Waals surface area contributed by atoms with Crippen LogP contribution in [0, 0.1) is 5.92 Å². The van der Waals surface area contributed by atoms with Gasteiger partial charge in [-0.25, -0.2) is 4.79 Å². The van der Waals surface area contributed by atoms with Crippen molar-refractivity contribution < 1.29 is 33.3 Å². The van der Waals surface area contributed by atoms with E-state index in [1.165, 1.54) is 6.26 Å². The molecule has 3 aliphatic rings. The fourth-order valence-electron chi connectivity index (χ4n) is 4.29. The molecular formula is C24H22O7. The van der Waals surface area contributed by atoms with Crippen LogP contribution in [0.3, 0.4) is 0 Å². The molecule has 1 fully saturated rings. The number of carbonyl (C=O) groups excluding carboxylic acids is 2. The molecule has 0 aromatic heterocycles. The molecule has 3 unspecified atom stereocenters. The quantitative estimate of drug-likeness (QED) is 0.694. The summed E-state index contributed by atoms with van der Waals surface area (Å²) in [5.74, 6) is 1.31. The van der Waals surface area contributed by atoms with Gasteiger partial charge in [-0.05, 0) is 48.7 Å². The summed E-state index contributed by atoms with van der Waals surface area (Å²) in [7, 11) is 1.60. The van der Waals surface area contributed by atoms with Gasteiger partial charge in [-0.15, -0.1) is 0 Å². The smallest absolute Gasteiger partial charge is 0.338 e. The Morgan fingerprint density at radius 2 is 1.84 bits per heavy atom. The first kappa shape index (κ1) is 19.5. The van der Waals surface area contributed by atoms with E-state index < -0.39 is 5.97 Å². The third-order valence-corrected chi connectivity index (χ3v) is 5.99. The monoisotopic (exact) mass is 422 g/mol. The minimum absolute atomic E-state index is 0.0713. The van der Waals surface area contributed by atoms with Crippen LogP contribution in [0.25, 0.3) is 5.57 Å². The fraction of sp³-hybridized carbons (Fsp3) is 0.333. The summed E-state index contributed by atoms with van der Waals surface area (Å²) in [6.07, 6.45) is 2.64. The summed E-state index contributed by atoms with van der Waals surface area (Å²) in [5.41, 5.74) is 1.79. The van der Waals surface area contributed by atoms with Gasteiger partial charge in [0.05, 0.1) is 30.4 Å². The van der Waals surface area contributed by atoms with Crippen LogP contribution in [0.2, 0.25) is 0 Å². The highest BCUT2D eigenvalue weighted by Crippen LogP contribution is 2.38. The Morgan fingerprint density at radius 1 is 1.03 bits per heavy atom. The van der Waals surface area contributed by atoms with Crippen LogP contribution < -0.4 is 14.2 Å². The fourth-order valence-corrected chi connectivity index (χ4v) is 4.29. The summed E-state index contributed by atoms with van der Waals surface area (Å²) in [6.45, 7) is 0.150. The van der Waals surface area contributed by atoms with Gasteiger partial charge in [0.1, 0.15) is 18.0 Å². The Bertz CT molecular complexity index is 1040. The lowest BCUT2D eigenvalue weighted by Gasteiger charge is -2.37. The van der Waals surface area contributed by atoms with Crippen LogP contribution in [0.5, 0.6) is 17.2 Å². The average molecular weight is 422 g/mol. The molecule has 0 radical (unpaired) electrons. The predicted octanol–water partition coefficient (Wildman–Crippen LogP) is 3.76. The molecule has 0 spiro atoms. The molecule has 5 rings (SSSR count). The zero-order valence-corrected chi connectivity index (χ0v) is 17.0. The van der Waals surface area contributed by atoms with Crippen molar-refractivity contribution in [3.8, 4) is 17.2 Å². The summed E-state index contributed by atoms with van der Waals surface area (Å²) >= 11 is 0. The third-order valence-electron chi connectivity index (χ3n) is 5.99. The Balaban J connectivity index is 1.24. The number of fused-ring (bicyclic) bond motifs is 2. The topological polar surface area (TPSA) is 80.3 Å².